The Balaban J connectivity index is 1.67. The quantitative estimate of drug-likeness (QED) is 0.801. The summed E-state index contributed by atoms with van der Waals surface area (Å²) in [7, 11) is 0. The lowest BCUT2D eigenvalue weighted by Gasteiger charge is -2.14. The molecule has 1 atom stereocenters. The summed E-state index contributed by atoms with van der Waals surface area (Å²) in [6.07, 6.45) is 6.37. The summed E-state index contributed by atoms with van der Waals surface area (Å²) in [6, 6.07) is 9.59. The Morgan fingerprint density at radius 3 is 2.63 bits per heavy atom. The van der Waals surface area contributed by atoms with Crippen LogP contribution in [-0.4, -0.2) is 18.6 Å². The lowest BCUT2D eigenvalue weighted by molar-refractivity contribution is -0.146. The molecule has 0 saturated heterocycles. The van der Waals surface area contributed by atoms with Crippen LogP contribution < -0.4 is 5.73 Å². The van der Waals surface area contributed by atoms with Gasteiger partial charge >= 0.3 is 5.97 Å². The molecule has 0 amide bonds. The topological polar surface area (TPSA) is 52.3 Å². The fourth-order valence-electron chi connectivity index (χ4n) is 2.57. The van der Waals surface area contributed by atoms with E-state index < -0.39 is 6.04 Å². The second kappa shape index (κ2) is 7.29. The highest BCUT2D eigenvalue weighted by atomic mass is 16.5. The lowest BCUT2D eigenvalue weighted by Crippen LogP contribution is -2.33. The molecule has 1 saturated carbocycles. The van der Waals surface area contributed by atoms with E-state index in [2.05, 4.69) is 12.1 Å². The zero-order valence-corrected chi connectivity index (χ0v) is 11.4. The van der Waals surface area contributed by atoms with Crippen molar-refractivity contribution in [1.82, 2.24) is 0 Å². The van der Waals surface area contributed by atoms with Crippen LogP contribution in [0.2, 0.25) is 0 Å². The van der Waals surface area contributed by atoms with Crippen molar-refractivity contribution in [2.45, 2.75) is 44.6 Å². The van der Waals surface area contributed by atoms with Gasteiger partial charge in [-0.3, -0.25) is 4.79 Å². The third kappa shape index (κ3) is 4.67. The molecule has 2 N–H and O–H groups in total. The Morgan fingerprint density at radius 2 is 1.95 bits per heavy atom. The molecule has 0 aromatic heterocycles. The molecular formula is C16H23NO2. The summed E-state index contributed by atoms with van der Waals surface area (Å²) >= 11 is 0. The predicted octanol–water partition coefficient (Wildman–Crippen LogP) is 2.68. The van der Waals surface area contributed by atoms with Crippen molar-refractivity contribution in [2.75, 3.05) is 6.61 Å². The molecule has 1 aliphatic carbocycles. The molecule has 0 aliphatic heterocycles. The second-order valence-corrected chi connectivity index (χ2v) is 5.41. The first-order valence-electron chi connectivity index (χ1n) is 7.22. The molecule has 0 radical (unpaired) electrons. The first-order chi connectivity index (χ1) is 9.25. The van der Waals surface area contributed by atoms with Crippen molar-refractivity contribution in [2.24, 2.45) is 11.7 Å². The van der Waals surface area contributed by atoms with Gasteiger partial charge in [-0.05, 0) is 37.2 Å². The number of carbonyl (C=O) groups is 1. The van der Waals surface area contributed by atoms with Gasteiger partial charge in [0.25, 0.3) is 0 Å². The molecule has 1 aromatic carbocycles. The highest BCUT2D eigenvalue weighted by Gasteiger charge is 2.20. The minimum Gasteiger partial charge on any atom is -0.464 e. The van der Waals surface area contributed by atoms with Gasteiger partial charge < -0.3 is 10.5 Å². The van der Waals surface area contributed by atoms with Crippen LogP contribution in [0.3, 0.4) is 0 Å². The molecule has 3 heteroatoms. The standard InChI is InChI=1S/C16H23NO2/c17-15(11-10-13-6-2-1-3-7-13)16(18)19-12-14-8-4-5-9-14/h1-3,6-7,14-15H,4-5,8-12,17H2. The van der Waals surface area contributed by atoms with E-state index in [0.717, 1.165) is 6.42 Å². The molecule has 1 aliphatic rings. The van der Waals surface area contributed by atoms with Crippen LogP contribution >= 0.6 is 0 Å². The van der Waals surface area contributed by atoms with Crippen molar-refractivity contribution in [3.63, 3.8) is 0 Å². The highest BCUT2D eigenvalue weighted by molar-refractivity contribution is 5.75. The monoisotopic (exact) mass is 261 g/mol. The summed E-state index contributed by atoms with van der Waals surface area (Å²) in [5.41, 5.74) is 7.09. The Kier molecular flexibility index (Phi) is 5.40. The van der Waals surface area contributed by atoms with E-state index in [0.29, 0.717) is 18.9 Å². The van der Waals surface area contributed by atoms with Crippen molar-refractivity contribution in [3.8, 4) is 0 Å². The van der Waals surface area contributed by atoms with E-state index in [-0.39, 0.29) is 5.97 Å². The van der Waals surface area contributed by atoms with Gasteiger partial charge in [0.1, 0.15) is 6.04 Å². The van der Waals surface area contributed by atoms with E-state index in [1.165, 1.54) is 31.2 Å². The maximum Gasteiger partial charge on any atom is 0.322 e. The summed E-state index contributed by atoms with van der Waals surface area (Å²) in [6.45, 7) is 0.553. The number of hydrogen-bond donors (Lipinski definition) is 1. The molecule has 1 fully saturated rings. The smallest absolute Gasteiger partial charge is 0.322 e. The largest absolute Gasteiger partial charge is 0.464 e. The van der Waals surface area contributed by atoms with Gasteiger partial charge in [-0.15, -0.1) is 0 Å². The number of aryl methyl sites for hydroxylation is 1. The lowest BCUT2D eigenvalue weighted by atomic mass is 10.1. The molecule has 1 unspecified atom stereocenters. The Morgan fingerprint density at radius 1 is 1.26 bits per heavy atom. The Hall–Kier alpha value is -1.35. The maximum atomic E-state index is 11.8. The summed E-state index contributed by atoms with van der Waals surface area (Å²) in [5, 5.41) is 0. The van der Waals surface area contributed by atoms with Crippen LogP contribution in [0.4, 0.5) is 0 Å². The first-order valence-corrected chi connectivity index (χ1v) is 7.22. The fraction of sp³-hybridized carbons (Fsp3) is 0.562. The third-order valence-corrected chi connectivity index (χ3v) is 3.83. The second-order valence-electron chi connectivity index (χ2n) is 5.41. The number of esters is 1. The molecule has 0 heterocycles. The zero-order chi connectivity index (χ0) is 13.5. The van der Waals surface area contributed by atoms with Gasteiger partial charge in [0.2, 0.25) is 0 Å². The van der Waals surface area contributed by atoms with Gasteiger partial charge in [0.15, 0.2) is 0 Å². The first kappa shape index (κ1) is 14.1. The van der Waals surface area contributed by atoms with E-state index in [9.17, 15) is 4.79 Å². The van der Waals surface area contributed by atoms with Crippen molar-refractivity contribution in [1.29, 1.82) is 0 Å². The normalized spacial score (nSPS) is 17.3. The fourth-order valence-corrected chi connectivity index (χ4v) is 2.57. The minimum absolute atomic E-state index is 0.247. The minimum atomic E-state index is -0.499. The molecule has 19 heavy (non-hydrogen) atoms. The van der Waals surface area contributed by atoms with Crippen LogP contribution in [0.25, 0.3) is 0 Å². The van der Waals surface area contributed by atoms with Gasteiger partial charge in [0, 0.05) is 0 Å². The number of ether oxygens (including phenoxy) is 1. The summed E-state index contributed by atoms with van der Waals surface area (Å²) < 4.78 is 5.31. The van der Waals surface area contributed by atoms with Gasteiger partial charge in [0.05, 0.1) is 6.61 Å². The summed E-state index contributed by atoms with van der Waals surface area (Å²) in [4.78, 5) is 11.8. The third-order valence-electron chi connectivity index (χ3n) is 3.83. The van der Waals surface area contributed by atoms with Crippen LogP contribution in [0.1, 0.15) is 37.7 Å². The van der Waals surface area contributed by atoms with E-state index in [1.807, 2.05) is 18.2 Å². The van der Waals surface area contributed by atoms with Crippen molar-refractivity contribution in [3.05, 3.63) is 35.9 Å². The average molecular weight is 261 g/mol. The molecule has 3 nitrogen and oxygen atoms in total. The summed E-state index contributed by atoms with van der Waals surface area (Å²) in [5.74, 6) is 0.313. The molecule has 1 aromatic rings. The zero-order valence-electron chi connectivity index (χ0n) is 11.4. The maximum absolute atomic E-state index is 11.8. The van der Waals surface area contributed by atoms with Crippen molar-refractivity contribution < 1.29 is 9.53 Å². The molecule has 0 bridgehead atoms. The van der Waals surface area contributed by atoms with E-state index >= 15 is 0 Å². The number of rotatable bonds is 6. The Bertz CT molecular complexity index is 385. The highest BCUT2D eigenvalue weighted by Crippen LogP contribution is 2.24. The average Bonchev–Trinajstić information content (AvgIpc) is 2.96. The van der Waals surface area contributed by atoms with Gasteiger partial charge in [-0.2, -0.15) is 0 Å². The van der Waals surface area contributed by atoms with E-state index in [4.69, 9.17) is 10.5 Å². The van der Waals surface area contributed by atoms with Gasteiger partial charge in [-0.25, -0.2) is 0 Å². The molecule has 0 spiro atoms. The molecule has 2 rings (SSSR count). The molecular weight excluding hydrogens is 238 g/mol. The number of hydrogen-bond acceptors (Lipinski definition) is 3. The Labute approximate surface area is 115 Å². The van der Waals surface area contributed by atoms with Crippen LogP contribution in [0.5, 0.6) is 0 Å². The van der Waals surface area contributed by atoms with E-state index in [1.54, 1.807) is 0 Å². The van der Waals surface area contributed by atoms with Crippen molar-refractivity contribution >= 4 is 5.97 Å². The van der Waals surface area contributed by atoms with Crippen LogP contribution in [0, 0.1) is 5.92 Å². The van der Waals surface area contributed by atoms with Gasteiger partial charge in [-0.1, -0.05) is 43.2 Å². The number of carbonyl (C=O) groups excluding carboxylic acids is 1. The molecule has 104 valence electrons. The predicted molar refractivity (Wildman–Crippen MR) is 75.7 cm³/mol. The van der Waals surface area contributed by atoms with Crippen LogP contribution in [-0.2, 0) is 16.0 Å². The van der Waals surface area contributed by atoms with Crippen LogP contribution in [0.15, 0.2) is 30.3 Å². The number of nitrogens with two attached hydrogens (primary N) is 1. The SMILES string of the molecule is NC(CCc1ccccc1)C(=O)OCC1CCCC1. The number of benzene rings is 1.